The summed E-state index contributed by atoms with van der Waals surface area (Å²) in [5, 5.41) is 11.4. The lowest BCUT2D eigenvalue weighted by Gasteiger charge is -2.05. The Balaban J connectivity index is 2.08. The number of anilines is 1. The largest absolute Gasteiger partial charge is 0.322 e. The summed E-state index contributed by atoms with van der Waals surface area (Å²) in [7, 11) is 0. The Labute approximate surface area is 106 Å². The summed E-state index contributed by atoms with van der Waals surface area (Å²) >= 11 is 0. The zero-order valence-electron chi connectivity index (χ0n) is 9.76. The van der Waals surface area contributed by atoms with Crippen LogP contribution in [0.3, 0.4) is 0 Å². The normalized spacial score (nSPS) is 9.50. The predicted molar refractivity (Wildman–Crippen MR) is 70.2 cm³/mol. The smallest absolute Gasteiger partial charge is 0.255 e. The summed E-state index contributed by atoms with van der Waals surface area (Å²) < 4.78 is 0. The van der Waals surface area contributed by atoms with Gasteiger partial charge in [-0.2, -0.15) is 5.26 Å². The summed E-state index contributed by atoms with van der Waals surface area (Å²) in [6, 6.07) is 18.4. The van der Waals surface area contributed by atoms with Crippen LogP contribution in [0.1, 0.15) is 15.9 Å². The Kier molecular flexibility index (Phi) is 3.72. The van der Waals surface area contributed by atoms with Crippen molar-refractivity contribution in [3.05, 3.63) is 65.7 Å². The molecule has 0 aromatic heterocycles. The van der Waals surface area contributed by atoms with Gasteiger partial charge in [0.15, 0.2) is 0 Å². The second-order valence-electron chi connectivity index (χ2n) is 3.85. The molecule has 2 rings (SSSR count). The molecule has 0 saturated heterocycles. The summed E-state index contributed by atoms with van der Waals surface area (Å²) in [4.78, 5) is 11.9. The van der Waals surface area contributed by atoms with Gasteiger partial charge in [-0.3, -0.25) is 4.79 Å². The SMILES string of the molecule is N#CCc1ccc(C(=O)Nc2ccccc2)cc1. The second kappa shape index (κ2) is 5.65. The molecular weight excluding hydrogens is 224 g/mol. The first-order valence-corrected chi connectivity index (χ1v) is 5.62. The average Bonchev–Trinajstić information content (AvgIpc) is 2.41. The van der Waals surface area contributed by atoms with Crippen LogP contribution in [0.2, 0.25) is 0 Å². The highest BCUT2D eigenvalue weighted by molar-refractivity contribution is 6.04. The highest BCUT2D eigenvalue weighted by Gasteiger charge is 2.05. The van der Waals surface area contributed by atoms with Crippen LogP contribution in [-0.2, 0) is 6.42 Å². The fourth-order valence-corrected chi connectivity index (χ4v) is 1.59. The van der Waals surface area contributed by atoms with E-state index in [0.29, 0.717) is 12.0 Å². The van der Waals surface area contributed by atoms with E-state index in [9.17, 15) is 4.79 Å². The zero-order chi connectivity index (χ0) is 12.8. The van der Waals surface area contributed by atoms with Gasteiger partial charge in [0.25, 0.3) is 5.91 Å². The van der Waals surface area contributed by atoms with Crippen LogP contribution >= 0.6 is 0 Å². The van der Waals surface area contributed by atoms with Gasteiger partial charge >= 0.3 is 0 Å². The summed E-state index contributed by atoms with van der Waals surface area (Å²) in [5.41, 5.74) is 2.26. The lowest BCUT2D eigenvalue weighted by atomic mass is 10.1. The standard InChI is InChI=1S/C15H12N2O/c16-11-10-12-6-8-13(9-7-12)15(18)17-14-4-2-1-3-5-14/h1-9H,10H2,(H,17,18). The van der Waals surface area contributed by atoms with Gasteiger partial charge in [-0.25, -0.2) is 0 Å². The summed E-state index contributed by atoms with van der Waals surface area (Å²) in [5.74, 6) is -0.148. The van der Waals surface area contributed by atoms with Gasteiger partial charge in [-0.1, -0.05) is 30.3 Å². The van der Waals surface area contributed by atoms with Crippen molar-refractivity contribution in [3.8, 4) is 6.07 Å². The van der Waals surface area contributed by atoms with Crippen molar-refractivity contribution in [2.75, 3.05) is 5.32 Å². The number of rotatable bonds is 3. The van der Waals surface area contributed by atoms with E-state index in [1.54, 1.807) is 24.3 Å². The number of para-hydroxylation sites is 1. The Hall–Kier alpha value is -2.60. The fourth-order valence-electron chi connectivity index (χ4n) is 1.59. The van der Waals surface area contributed by atoms with E-state index in [1.165, 1.54) is 0 Å². The molecule has 1 N–H and O–H groups in total. The van der Waals surface area contributed by atoms with Crippen molar-refractivity contribution in [2.24, 2.45) is 0 Å². The van der Waals surface area contributed by atoms with E-state index in [2.05, 4.69) is 11.4 Å². The monoisotopic (exact) mass is 236 g/mol. The van der Waals surface area contributed by atoms with Crippen LogP contribution in [0.5, 0.6) is 0 Å². The van der Waals surface area contributed by atoms with Crippen LogP contribution in [0.25, 0.3) is 0 Å². The van der Waals surface area contributed by atoms with Crippen molar-refractivity contribution < 1.29 is 4.79 Å². The van der Waals surface area contributed by atoms with Crippen molar-refractivity contribution in [1.82, 2.24) is 0 Å². The third kappa shape index (κ3) is 2.96. The minimum Gasteiger partial charge on any atom is -0.322 e. The molecule has 0 aliphatic heterocycles. The molecule has 0 spiro atoms. The molecule has 0 unspecified atom stereocenters. The molecule has 3 nitrogen and oxygen atoms in total. The minimum absolute atomic E-state index is 0.148. The molecule has 2 aromatic rings. The zero-order valence-corrected chi connectivity index (χ0v) is 9.76. The highest BCUT2D eigenvalue weighted by atomic mass is 16.1. The summed E-state index contributed by atoms with van der Waals surface area (Å²) in [6.45, 7) is 0. The average molecular weight is 236 g/mol. The van der Waals surface area contributed by atoms with Gasteiger partial charge in [0, 0.05) is 11.3 Å². The van der Waals surface area contributed by atoms with Crippen molar-refractivity contribution >= 4 is 11.6 Å². The molecule has 2 aromatic carbocycles. The molecule has 0 fully saturated rings. The quantitative estimate of drug-likeness (QED) is 0.890. The Morgan fingerprint density at radius 1 is 1.06 bits per heavy atom. The number of carbonyl (C=O) groups excluding carboxylic acids is 1. The lowest BCUT2D eigenvalue weighted by Crippen LogP contribution is -2.11. The van der Waals surface area contributed by atoms with E-state index in [4.69, 9.17) is 5.26 Å². The Bertz CT molecular complexity index is 568. The molecule has 88 valence electrons. The number of carbonyl (C=O) groups is 1. The van der Waals surface area contributed by atoms with Crippen molar-refractivity contribution in [1.29, 1.82) is 5.26 Å². The molecule has 0 heterocycles. The molecule has 1 amide bonds. The maximum atomic E-state index is 11.9. The first kappa shape index (κ1) is 11.9. The summed E-state index contributed by atoms with van der Waals surface area (Å²) in [6.07, 6.45) is 0.362. The molecule has 0 saturated carbocycles. The molecule has 18 heavy (non-hydrogen) atoms. The maximum Gasteiger partial charge on any atom is 0.255 e. The molecular formula is C15H12N2O. The topological polar surface area (TPSA) is 52.9 Å². The van der Waals surface area contributed by atoms with Gasteiger partial charge in [0.05, 0.1) is 12.5 Å². The molecule has 0 bridgehead atoms. The van der Waals surface area contributed by atoms with Crippen LogP contribution in [-0.4, -0.2) is 5.91 Å². The Morgan fingerprint density at radius 3 is 2.33 bits per heavy atom. The lowest BCUT2D eigenvalue weighted by molar-refractivity contribution is 0.102. The van der Waals surface area contributed by atoms with Crippen LogP contribution in [0, 0.1) is 11.3 Å². The third-order valence-corrected chi connectivity index (χ3v) is 2.53. The first-order chi connectivity index (χ1) is 8.79. The first-order valence-electron chi connectivity index (χ1n) is 5.62. The van der Waals surface area contributed by atoms with Gasteiger partial charge in [-0.05, 0) is 29.8 Å². The molecule has 0 aliphatic carbocycles. The van der Waals surface area contributed by atoms with E-state index >= 15 is 0 Å². The van der Waals surface area contributed by atoms with Gasteiger partial charge in [0.2, 0.25) is 0 Å². The van der Waals surface area contributed by atoms with Crippen molar-refractivity contribution in [3.63, 3.8) is 0 Å². The molecule has 3 heteroatoms. The predicted octanol–water partition coefficient (Wildman–Crippen LogP) is 3.00. The molecule has 0 radical (unpaired) electrons. The maximum absolute atomic E-state index is 11.9. The Morgan fingerprint density at radius 2 is 1.72 bits per heavy atom. The number of nitrogens with zero attached hydrogens (tertiary/aromatic N) is 1. The number of hydrogen-bond acceptors (Lipinski definition) is 2. The van der Waals surface area contributed by atoms with Crippen molar-refractivity contribution in [2.45, 2.75) is 6.42 Å². The van der Waals surface area contributed by atoms with Crippen LogP contribution in [0.4, 0.5) is 5.69 Å². The van der Waals surface area contributed by atoms with E-state index in [-0.39, 0.29) is 5.91 Å². The molecule has 0 atom stereocenters. The minimum atomic E-state index is -0.148. The van der Waals surface area contributed by atoms with Gasteiger partial charge in [-0.15, -0.1) is 0 Å². The van der Waals surface area contributed by atoms with E-state index in [1.807, 2.05) is 30.3 Å². The van der Waals surface area contributed by atoms with Gasteiger partial charge in [0.1, 0.15) is 0 Å². The fraction of sp³-hybridized carbons (Fsp3) is 0.0667. The number of benzene rings is 2. The van der Waals surface area contributed by atoms with Crippen LogP contribution < -0.4 is 5.32 Å². The number of amides is 1. The molecule has 0 aliphatic rings. The number of nitriles is 1. The van der Waals surface area contributed by atoms with E-state index < -0.39 is 0 Å². The highest BCUT2D eigenvalue weighted by Crippen LogP contribution is 2.10. The second-order valence-corrected chi connectivity index (χ2v) is 3.85. The van der Waals surface area contributed by atoms with E-state index in [0.717, 1.165) is 11.3 Å². The van der Waals surface area contributed by atoms with Gasteiger partial charge < -0.3 is 5.32 Å². The number of nitrogens with one attached hydrogen (secondary N) is 1. The van der Waals surface area contributed by atoms with Crippen LogP contribution in [0.15, 0.2) is 54.6 Å². The number of hydrogen-bond donors (Lipinski definition) is 1. The third-order valence-electron chi connectivity index (χ3n) is 2.53.